The van der Waals surface area contributed by atoms with E-state index in [9.17, 15) is 14.0 Å². The molecule has 2 amide bonds. The first-order valence-corrected chi connectivity index (χ1v) is 10.7. The zero-order chi connectivity index (χ0) is 21.8. The number of nitrogens with one attached hydrogen (secondary N) is 1. The fraction of sp³-hybridized carbons (Fsp3) is 0.273. The fourth-order valence-corrected chi connectivity index (χ4v) is 4.41. The lowest BCUT2D eigenvalue weighted by atomic mass is 9.98. The molecule has 0 radical (unpaired) electrons. The number of amides is 2. The van der Waals surface area contributed by atoms with Crippen molar-refractivity contribution in [1.82, 2.24) is 15.1 Å². The van der Waals surface area contributed by atoms with Gasteiger partial charge in [-0.05, 0) is 49.2 Å². The number of piperidine rings is 1. The minimum Gasteiger partial charge on any atom is -0.497 e. The zero-order valence-electron chi connectivity index (χ0n) is 16.9. The maximum Gasteiger partial charge on any atom is 0.286 e. The van der Waals surface area contributed by atoms with Gasteiger partial charge in [0.15, 0.2) is 0 Å². The number of methoxy groups -OCH3 is 1. The van der Waals surface area contributed by atoms with Crippen molar-refractivity contribution in [3.8, 4) is 5.75 Å². The highest BCUT2D eigenvalue weighted by Gasteiger charge is 2.28. The van der Waals surface area contributed by atoms with E-state index in [2.05, 4.69) is 15.5 Å². The van der Waals surface area contributed by atoms with Crippen LogP contribution in [0.25, 0.3) is 0 Å². The summed E-state index contributed by atoms with van der Waals surface area (Å²) >= 11 is 1.20. The summed E-state index contributed by atoms with van der Waals surface area (Å²) in [6.07, 6.45) is 1.70. The summed E-state index contributed by atoms with van der Waals surface area (Å²) in [6, 6.07) is 12.8. The van der Waals surface area contributed by atoms with Crippen LogP contribution < -0.4 is 10.1 Å². The molecule has 9 heteroatoms. The van der Waals surface area contributed by atoms with Gasteiger partial charge in [-0.1, -0.05) is 23.5 Å². The fourth-order valence-electron chi connectivity index (χ4n) is 3.54. The lowest BCUT2D eigenvalue weighted by Gasteiger charge is -2.31. The Morgan fingerprint density at radius 3 is 2.84 bits per heavy atom. The summed E-state index contributed by atoms with van der Waals surface area (Å²) in [4.78, 5) is 27.2. The minimum atomic E-state index is -0.436. The highest BCUT2D eigenvalue weighted by atomic mass is 32.1. The quantitative estimate of drug-likeness (QED) is 0.649. The van der Waals surface area contributed by atoms with Crippen LogP contribution in [0.3, 0.4) is 0 Å². The Morgan fingerprint density at radius 1 is 1.19 bits per heavy atom. The second-order valence-electron chi connectivity index (χ2n) is 7.23. The van der Waals surface area contributed by atoms with Crippen LogP contribution in [0.1, 0.15) is 43.9 Å². The molecule has 1 fully saturated rings. The van der Waals surface area contributed by atoms with E-state index in [-0.39, 0.29) is 16.8 Å². The van der Waals surface area contributed by atoms with E-state index in [0.29, 0.717) is 35.1 Å². The van der Waals surface area contributed by atoms with Crippen LogP contribution in [-0.2, 0) is 0 Å². The molecule has 1 N–H and O–H groups in total. The van der Waals surface area contributed by atoms with Crippen LogP contribution >= 0.6 is 11.3 Å². The Bertz CT molecular complexity index is 1100. The first-order valence-electron chi connectivity index (χ1n) is 9.87. The molecule has 160 valence electrons. The lowest BCUT2D eigenvalue weighted by molar-refractivity contribution is 0.0706. The Balaban J connectivity index is 1.43. The van der Waals surface area contributed by atoms with E-state index < -0.39 is 11.7 Å². The average Bonchev–Trinajstić information content (AvgIpc) is 3.29. The average molecular weight is 441 g/mol. The molecule has 0 saturated carbocycles. The number of likely N-dealkylation sites (tertiary alicyclic amines) is 1. The van der Waals surface area contributed by atoms with Crippen LogP contribution in [0, 0.1) is 5.82 Å². The molecule has 1 aliphatic heterocycles. The van der Waals surface area contributed by atoms with Crippen molar-refractivity contribution in [1.29, 1.82) is 0 Å². The molecule has 0 bridgehead atoms. The van der Waals surface area contributed by atoms with Gasteiger partial charge in [0.2, 0.25) is 5.01 Å². The van der Waals surface area contributed by atoms with E-state index in [1.54, 1.807) is 42.3 Å². The number of rotatable bonds is 5. The predicted octanol–water partition coefficient (Wildman–Crippen LogP) is 3.96. The van der Waals surface area contributed by atoms with E-state index >= 15 is 0 Å². The van der Waals surface area contributed by atoms with Gasteiger partial charge in [-0.3, -0.25) is 9.59 Å². The molecule has 1 aromatic heterocycles. The highest BCUT2D eigenvalue weighted by molar-refractivity contribution is 7.13. The number of ether oxygens (including phenoxy) is 1. The molecule has 1 saturated heterocycles. The van der Waals surface area contributed by atoms with Gasteiger partial charge in [-0.2, -0.15) is 0 Å². The standard InChI is InChI=1S/C22H21FN4O3S/c1-30-18-9-2-5-14(11-18)22(29)27-10-4-6-15(13-27)20-25-26-21(31-20)19(28)24-17-8-3-7-16(23)12-17/h2-3,5,7-9,11-12,15H,4,6,10,13H2,1H3,(H,24,28)/t15-/m0/s1. The van der Waals surface area contributed by atoms with Crippen molar-refractivity contribution >= 4 is 28.8 Å². The number of aromatic nitrogens is 2. The summed E-state index contributed by atoms with van der Waals surface area (Å²) < 4.78 is 18.5. The molecule has 2 aromatic carbocycles. The van der Waals surface area contributed by atoms with Gasteiger partial charge in [0.1, 0.15) is 16.6 Å². The van der Waals surface area contributed by atoms with Crippen LogP contribution in [-0.4, -0.2) is 47.1 Å². The number of benzene rings is 2. The van der Waals surface area contributed by atoms with Gasteiger partial charge in [-0.25, -0.2) is 4.39 Å². The molecular weight excluding hydrogens is 419 g/mol. The first-order chi connectivity index (χ1) is 15.0. The normalized spacial score (nSPS) is 16.1. The summed E-state index contributed by atoms with van der Waals surface area (Å²) in [5.41, 5.74) is 0.932. The molecule has 3 aromatic rings. The van der Waals surface area contributed by atoms with E-state index in [4.69, 9.17) is 4.74 Å². The van der Waals surface area contributed by atoms with Gasteiger partial charge in [0.05, 0.1) is 7.11 Å². The Morgan fingerprint density at radius 2 is 2.03 bits per heavy atom. The van der Waals surface area contributed by atoms with Crippen LogP contribution in [0.5, 0.6) is 5.75 Å². The third kappa shape index (κ3) is 4.88. The van der Waals surface area contributed by atoms with Crippen molar-refractivity contribution in [2.24, 2.45) is 0 Å². The molecule has 0 spiro atoms. The third-order valence-electron chi connectivity index (χ3n) is 5.09. The zero-order valence-corrected chi connectivity index (χ0v) is 17.7. The van der Waals surface area contributed by atoms with E-state index in [0.717, 1.165) is 12.8 Å². The van der Waals surface area contributed by atoms with Crippen molar-refractivity contribution < 1.29 is 18.7 Å². The van der Waals surface area contributed by atoms with Crippen LogP contribution in [0.15, 0.2) is 48.5 Å². The smallest absolute Gasteiger partial charge is 0.286 e. The second kappa shape index (κ2) is 9.22. The van der Waals surface area contributed by atoms with Crippen LogP contribution in [0.2, 0.25) is 0 Å². The van der Waals surface area contributed by atoms with Gasteiger partial charge in [0.25, 0.3) is 11.8 Å². The summed E-state index contributed by atoms with van der Waals surface area (Å²) in [5, 5.41) is 11.7. The summed E-state index contributed by atoms with van der Waals surface area (Å²) in [6.45, 7) is 1.18. The Hall–Kier alpha value is -3.33. The summed E-state index contributed by atoms with van der Waals surface area (Å²) in [7, 11) is 1.57. The second-order valence-corrected chi connectivity index (χ2v) is 8.24. The molecular formula is C22H21FN4O3S. The van der Waals surface area contributed by atoms with E-state index in [1.165, 1.54) is 29.5 Å². The van der Waals surface area contributed by atoms with Crippen molar-refractivity contribution in [2.45, 2.75) is 18.8 Å². The maximum absolute atomic E-state index is 13.3. The molecule has 4 rings (SSSR count). The highest BCUT2D eigenvalue weighted by Crippen LogP contribution is 2.30. The molecule has 1 aliphatic rings. The molecule has 1 atom stereocenters. The van der Waals surface area contributed by atoms with Gasteiger partial charge < -0.3 is 15.0 Å². The van der Waals surface area contributed by atoms with E-state index in [1.807, 2.05) is 0 Å². The molecule has 7 nitrogen and oxygen atoms in total. The van der Waals surface area contributed by atoms with Gasteiger partial charge in [0, 0.05) is 30.3 Å². The maximum atomic E-state index is 13.3. The molecule has 2 heterocycles. The largest absolute Gasteiger partial charge is 0.497 e. The third-order valence-corrected chi connectivity index (χ3v) is 6.18. The first kappa shape index (κ1) is 20.9. The van der Waals surface area contributed by atoms with Crippen molar-refractivity contribution in [2.75, 3.05) is 25.5 Å². The Kier molecular flexibility index (Phi) is 6.22. The number of hydrogen-bond donors (Lipinski definition) is 1. The molecule has 0 unspecified atom stereocenters. The van der Waals surface area contributed by atoms with Crippen LogP contribution in [0.4, 0.5) is 10.1 Å². The van der Waals surface area contributed by atoms with Gasteiger partial charge >= 0.3 is 0 Å². The molecule has 0 aliphatic carbocycles. The number of anilines is 1. The number of carbonyl (C=O) groups excluding carboxylic acids is 2. The van der Waals surface area contributed by atoms with Gasteiger partial charge in [-0.15, -0.1) is 10.2 Å². The topological polar surface area (TPSA) is 84.4 Å². The van der Waals surface area contributed by atoms with Crippen molar-refractivity contribution in [3.63, 3.8) is 0 Å². The minimum absolute atomic E-state index is 0.0107. The monoisotopic (exact) mass is 440 g/mol. The molecule has 31 heavy (non-hydrogen) atoms. The lowest BCUT2D eigenvalue weighted by Crippen LogP contribution is -2.39. The SMILES string of the molecule is COc1cccc(C(=O)N2CCC[C@H](c3nnc(C(=O)Nc4cccc(F)c4)s3)C2)c1. The Labute approximate surface area is 182 Å². The number of nitrogens with zero attached hydrogens (tertiary/aromatic N) is 3. The summed E-state index contributed by atoms with van der Waals surface area (Å²) in [5.74, 6) is -0.278. The van der Waals surface area contributed by atoms with Crippen molar-refractivity contribution in [3.05, 3.63) is 69.9 Å². The number of hydrogen-bond acceptors (Lipinski definition) is 6. The number of carbonyl (C=O) groups is 2. The number of halogens is 1. The predicted molar refractivity (Wildman–Crippen MR) is 115 cm³/mol.